The van der Waals surface area contributed by atoms with Crippen LogP contribution in [-0.2, 0) is 14.3 Å². The summed E-state index contributed by atoms with van der Waals surface area (Å²) in [6.45, 7) is 1.55. The second-order valence-corrected chi connectivity index (χ2v) is 7.67. The van der Waals surface area contributed by atoms with Crippen LogP contribution in [0.25, 0.3) is 0 Å². The molecule has 154 valence electrons. The number of thioether (sulfide) groups is 1. The Morgan fingerprint density at radius 3 is 2.13 bits per heavy atom. The van der Waals surface area contributed by atoms with Crippen LogP contribution in [0.2, 0.25) is 0 Å². The number of para-hydroxylation sites is 2. The van der Waals surface area contributed by atoms with E-state index in [-0.39, 0.29) is 0 Å². The Morgan fingerprint density at radius 1 is 0.867 bits per heavy atom. The zero-order chi connectivity index (χ0) is 21.3. The molecule has 0 bridgehead atoms. The smallest absolute Gasteiger partial charge is 0.324 e. The van der Waals surface area contributed by atoms with E-state index in [1.54, 1.807) is 25.1 Å². The molecule has 3 aromatic rings. The average molecular weight is 422 g/mol. The first-order valence-corrected chi connectivity index (χ1v) is 10.4. The number of methoxy groups -OCH3 is 1. The molecule has 0 aliphatic carbocycles. The molecule has 0 fully saturated rings. The third kappa shape index (κ3) is 5.64. The number of benzene rings is 3. The van der Waals surface area contributed by atoms with E-state index in [2.05, 4.69) is 5.32 Å². The molecule has 0 aromatic heterocycles. The van der Waals surface area contributed by atoms with E-state index in [1.807, 2.05) is 66.7 Å². The lowest BCUT2D eigenvalue weighted by molar-refractivity contribution is -0.152. The molecule has 1 amide bonds. The Bertz CT molecular complexity index is 979. The van der Waals surface area contributed by atoms with Crippen LogP contribution in [0.3, 0.4) is 0 Å². The van der Waals surface area contributed by atoms with Crippen LogP contribution in [0, 0.1) is 0 Å². The number of ether oxygens (including phenoxy) is 2. The zero-order valence-corrected chi connectivity index (χ0v) is 17.6. The maximum atomic E-state index is 13.0. The monoisotopic (exact) mass is 421 g/mol. The topological polar surface area (TPSA) is 64.6 Å². The summed E-state index contributed by atoms with van der Waals surface area (Å²) in [6, 6.07) is 26.1. The van der Waals surface area contributed by atoms with Gasteiger partial charge in [-0.1, -0.05) is 60.7 Å². The predicted octanol–water partition coefficient (Wildman–Crippen LogP) is 5.10. The van der Waals surface area contributed by atoms with E-state index < -0.39 is 23.2 Å². The van der Waals surface area contributed by atoms with Crippen molar-refractivity contribution in [2.24, 2.45) is 0 Å². The first kappa shape index (κ1) is 21.5. The van der Waals surface area contributed by atoms with E-state index in [1.165, 1.54) is 18.9 Å². The Hall–Kier alpha value is -3.25. The summed E-state index contributed by atoms with van der Waals surface area (Å²) in [7, 11) is 1.53. The minimum atomic E-state index is -0.968. The van der Waals surface area contributed by atoms with Gasteiger partial charge in [0.25, 0.3) is 5.91 Å². The van der Waals surface area contributed by atoms with E-state index in [9.17, 15) is 9.59 Å². The van der Waals surface area contributed by atoms with Crippen LogP contribution < -0.4 is 10.1 Å². The van der Waals surface area contributed by atoms with Gasteiger partial charge in [0.1, 0.15) is 11.0 Å². The molecule has 0 aliphatic rings. The lowest BCUT2D eigenvalue weighted by atomic mass is 10.1. The molecule has 0 saturated carbocycles. The lowest BCUT2D eigenvalue weighted by Crippen LogP contribution is -2.31. The molecule has 0 spiro atoms. The summed E-state index contributed by atoms with van der Waals surface area (Å²) < 4.78 is 10.8. The third-order valence-corrected chi connectivity index (χ3v) is 5.59. The fraction of sp³-hybridized carbons (Fsp3) is 0.167. The van der Waals surface area contributed by atoms with Crippen molar-refractivity contribution in [3.8, 4) is 5.75 Å². The summed E-state index contributed by atoms with van der Waals surface area (Å²) in [5.74, 6) is -0.367. The molecule has 3 aromatic carbocycles. The van der Waals surface area contributed by atoms with Gasteiger partial charge in [-0.15, -0.1) is 11.8 Å². The maximum Gasteiger partial charge on any atom is 0.324 e. The Balaban J connectivity index is 1.72. The molecule has 0 heterocycles. The van der Waals surface area contributed by atoms with E-state index in [0.29, 0.717) is 11.4 Å². The molecule has 3 rings (SSSR count). The Kier molecular flexibility index (Phi) is 7.51. The van der Waals surface area contributed by atoms with Gasteiger partial charge in [-0.05, 0) is 36.8 Å². The van der Waals surface area contributed by atoms with E-state index >= 15 is 0 Å². The van der Waals surface area contributed by atoms with Crippen LogP contribution in [0.15, 0.2) is 89.8 Å². The molecule has 1 N–H and O–H groups in total. The molecular formula is C24H23NO4S. The largest absolute Gasteiger partial charge is 0.495 e. The molecule has 0 saturated heterocycles. The number of anilines is 1. The molecule has 30 heavy (non-hydrogen) atoms. The van der Waals surface area contributed by atoms with Crippen molar-refractivity contribution in [1.29, 1.82) is 0 Å². The van der Waals surface area contributed by atoms with Gasteiger partial charge in [-0.2, -0.15) is 0 Å². The lowest BCUT2D eigenvalue weighted by Gasteiger charge is -2.20. The molecular weight excluding hydrogens is 398 g/mol. The van der Waals surface area contributed by atoms with Gasteiger partial charge in [0, 0.05) is 4.90 Å². The highest BCUT2D eigenvalue weighted by atomic mass is 32.2. The fourth-order valence-corrected chi connectivity index (χ4v) is 3.82. The summed E-state index contributed by atoms with van der Waals surface area (Å²) >= 11 is 1.39. The molecule has 0 radical (unpaired) electrons. The number of amides is 1. The second-order valence-electron chi connectivity index (χ2n) is 6.49. The van der Waals surface area contributed by atoms with Crippen LogP contribution in [-0.4, -0.2) is 25.1 Å². The standard InChI is InChI=1S/C24H23NO4S/c1-17(23(26)25-20-15-9-10-16-21(20)28-2)29-24(27)22(18-11-5-3-6-12-18)30-19-13-7-4-8-14-19/h3-17,22H,1-2H3,(H,25,26)/t17-,22-/m1/s1. The highest BCUT2D eigenvalue weighted by molar-refractivity contribution is 8.00. The predicted molar refractivity (Wildman–Crippen MR) is 119 cm³/mol. The van der Waals surface area contributed by atoms with Crippen molar-refractivity contribution in [2.75, 3.05) is 12.4 Å². The van der Waals surface area contributed by atoms with E-state index in [4.69, 9.17) is 9.47 Å². The van der Waals surface area contributed by atoms with Crippen LogP contribution >= 0.6 is 11.8 Å². The van der Waals surface area contributed by atoms with Crippen LogP contribution in [0.4, 0.5) is 5.69 Å². The summed E-state index contributed by atoms with van der Waals surface area (Å²) in [5.41, 5.74) is 1.33. The second kappa shape index (κ2) is 10.5. The highest BCUT2D eigenvalue weighted by Crippen LogP contribution is 2.36. The number of rotatable bonds is 8. The summed E-state index contributed by atoms with van der Waals surface area (Å²) in [5, 5.41) is 2.16. The molecule has 6 heteroatoms. The minimum absolute atomic E-state index is 0.427. The van der Waals surface area contributed by atoms with Gasteiger partial charge in [0.2, 0.25) is 0 Å². The maximum absolute atomic E-state index is 13.0. The van der Waals surface area contributed by atoms with Gasteiger partial charge in [-0.3, -0.25) is 9.59 Å². The average Bonchev–Trinajstić information content (AvgIpc) is 2.79. The van der Waals surface area contributed by atoms with Gasteiger partial charge in [0.15, 0.2) is 6.10 Å². The Morgan fingerprint density at radius 2 is 1.47 bits per heavy atom. The van der Waals surface area contributed by atoms with Gasteiger partial charge < -0.3 is 14.8 Å². The number of carbonyl (C=O) groups excluding carboxylic acids is 2. The number of nitrogens with one attached hydrogen (secondary N) is 1. The van der Waals surface area contributed by atoms with Crippen molar-refractivity contribution in [2.45, 2.75) is 23.2 Å². The summed E-state index contributed by atoms with van der Waals surface area (Å²) in [6.07, 6.45) is -0.968. The third-order valence-electron chi connectivity index (χ3n) is 4.34. The number of carbonyl (C=O) groups is 2. The zero-order valence-electron chi connectivity index (χ0n) is 16.8. The van der Waals surface area contributed by atoms with Crippen LogP contribution in [0.5, 0.6) is 5.75 Å². The van der Waals surface area contributed by atoms with Crippen molar-refractivity contribution in [3.63, 3.8) is 0 Å². The normalized spacial score (nSPS) is 12.5. The first-order valence-electron chi connectivity index (χ1n) is 9.49. The molecule has 5 nitrogen and oxygen atoms in total. The number of esters is 1. The molecule has 0 unspecified atom stereocenters. The molecule has 0 aliphatic heterocycles. The minimum Gasteiger partial charge on any atom is -0.495 e. The Labute approximate surface area is 180 Å². The highest BCUT2D eigenvalue weighted by Gasteiger charge is 2.27. The quantitative estimate of drug-likeness (QED) is 0.405. The van der Waals surface area contributed by atoms with Crippen molar-refractivity contribution in [3.05, 3.63) is 90.5 Å². The molecule has 2 atom stereocenters. The summed E-state index contributed by atoms with van der Waals surface area (Å²) in [4.78, 5) is 26.5. The van der Waals surface area contributed by atoms with Crippen molar-refractivity contribution >= 4 is 29.3 Å². The fourth-order valence-electron chi connectivity index (χ4n) is 2.79. The van der Waals surface area contributed by atoms with Gasteiger partial charge in [-0.25, -0.2) is 0 Å². The first-order chi connectivity index (χ1) is 14.6. The van der Waals surface area contributed by atoms with E-state index in [0.717, 1.165) is 10.5 Å². The van der Waals surface area contributed by atoms with Crippen LogP contribution in [0.1, 0.15) is 17.7 Å². The van der Waals surface area contributed by atoms with Crippen molar-refractivity contribution in [1.82, 2.24) is 0 Å². The van der Waals surface area contributed by atoms with Crippen molar-refractivity contribution < 1.29 is 19.1 Å². The van der Waals surface area contributed by atoms with Gasteiger partial charge in [0.05, 0.1) is 12.8 Å². The SMILES string of the molecule is COc1ccccc1NC(=O)[C@@H](C)OC(=O)[C@H](Sc1ccccc1)c1ccccc1. The number of hydrogen-bond acceptors (Lipinski definition) is 5. The number of hydrogen-bond donors (Lipinski definition) is 1. The van der Waals surface area contributed by atoms with Gasteiger partial charge >= 0.3 is 5.97 Å².